The van der Waals surface area contributed by atoms with Gasteiger partial charge in [0.25, 0.3) is 0 Å². The van der Waals surface area contributed by atoms with Crippen molar-refractivity contribution in [3.8, 4) is 5.75 Å². The Morgan fingerprint density at radius 2 is 1.89 bits per heavy atom. The van der Waals surface area contributed by atoms with Crippen molar-refractivity contribution in [2.75, 3.05) is 51.2 Å². The molecule has 0 aliphatic carbocycles. The van der Waals surface area contributed by atoms with Gasteiger partial charge in [0.15, 0.2) is 11.6 Å². The van der Waals surface area contributed by atoms with Crippen LogP contribution >= 0.6 is 0 Å². The Morgan fingerprint density at radius 1 is 1.13 bits per heavy atom. The van der Waals surface area contributed by atoms with Gasteiger partial charge in [-0.15, -0.1) is 0 Å². The molecule has 38 heavy (non-hydrogen) atoms. The lowest BCUT2D eigenvalue weighted by Crippen LogP contribution is -2.49. The van der Waals surface area contributed by atoms with E-state index < -0.39 is 12.9 Å². The van der Waals surface area contributed by atoms with Crippen LogP contribution in [-0.2, 0) is 0 Å². The third-order valence-corrected chi connectivity index (χ3v) is 7.01. The average Bonchev–Trinajstić information content (AvgIpc) is 3.63. The van der Waals surface area contributed by atoms with E-state index in [4.69, 9.17) is 15.3 Å². The minimum atomic E-state index is -2.84. The summed E-state index contributed by atoms with van der Waals surface area (Å²) in [5.41, 5.74) is 2.13. The molecule has 0 bridgehead atoms. The molecule has 0 saturated carbocycles. The summed E-state index contributed by atoms with van der Waals surface area (Å²) < 4.78 is 34.8. The van der Waals surface area contributed by atoms with E-state index in [9.17, 15) is 13.6 Å². The van der Waals surface area contributed by atoms with Crippen molar-refractivity contribution in [2.45, 2.75) is 12.9 Å². The van der Waals surface area contributed by atoms with Gasteiger partial charge in [0.1, 0.15) is 23.5 Å². The molecule has 2 N–H and O–H groups in total. The molecule has 1 atom stereocenters. The monoisotopic (exact) mass is 527 g/mol. The highest BCUT2D eigenvalue weighted by atomic mass is 19.3. The summed E-state index contributed by atoms with van der Waals surface area (Å²) in [6, 6.07) is 10.1. The van der Waals surface area contributed by atoms with Gasteiger partial charge in [0, 0.05) is 52.0 Å². The van der Waals surface area contributed by atoms with Gasteiger partial charge >= 0.3 is 12.6 Å². The number of hydrogen-bond acceptors (Lipinski definition) is 10. The molecule has 2 saturated heterocycles. The fraction of sp³-hybridized carbons (Fsp3) is 0.375. The Bertz CT molecular complexity index is 1270. The molecule has 6 rings (SSSR count). The van der Waals surface area contributed by atoms with Crippen molar-refractivity contribution in [3.05, 3.63) is 54.1 Å². The van der Waals surface area contributed by atoms with E-state index in [0.29, 0.717) is 36.1 Å². The smallest absolute Gasteiger partial charge is 0.387 e. The second-order valence-corrected chi connectivity index (χ2v) is 9.17. The number of benzene rings is 1. The van der Waals surface area contributed by atoms with Gasteiger partial charge in [-0.1, -0.05) is 0 Å². The van der Waals surface area contributed by atoms with E-state index in [0.717, 1.165) is 31.9 Å². The molecule has 200 valence electrons. The predicted octanol–water partition coefficient (Wildman–Crippen LogP) is 1.87. The summed E-state index contributed by atoms with van der Waals surface area (Å²) in [7, 11) is 1.70. The van der Waals surface area contributed by atoms with Crippen molar-refractivity contribution in [3.63, 3.8) is 0 Å². The average molecular weight is 528 g/mol. The van der Waals surface area contributed by atoms with Gasteiger partial charge in [0.2, 0.25) is 6.29 Å². The molecule has 12 nitrogen and oxygen atoms in total. The van der Waals surface area contributed by atoms with Crippen molar-refractivity contribution in [2.24, 2.45) is 15.8 Å². The number of aliphatic imine (C=N–C) groups is 2. The van der Waals surface area contributed by atoms with E-state index >= 15 is 0 Å². The van der Waals surface area contributed by atoms with E-state index in [1.807, 2.05) is 0 Å². The Labute approximate surface area is 217 Å². The van der Waals surface area contributed by atoms with E-state index in [1.165, 1.54) is 16.4 Å². The number of furan rings is 1. The zero-order valence-electron chi connectivity index (χ0n) is 20.7. The minimum Gasteiger partial charge on any atom is -0.463 e. The van der Waals surface area contributed by atoms with Gasteiger partial charge in [-0.05, 0) is 36.4 Å². The number of carbonyl (C=O) groups is 1. The van der Waals surface area contributed by atoms with Crippen molar-refractivity contribution in [1.29, 1.82) is 0 Å². The number of fused-ring (bicyclic) bond motifs is 3. The van der Waals surface area contributed by atoms with Crippen LogP contribution in [0.15, 0.2) is 62.8 Å². The molecule has 2 aromatic rings. The normalized spacial score (nSPS) is 21.6. The lowest BCUT2D eigenvalue weighted by atomic mass is 10.2. The first kappa shape index (κ1) is 24.2. The zero-order chi connectivity index (χ0) is 26.4. The van der Waals surface area contributed by atoms with Crippen LogP contribution < -0.4 is 15.5 Å². The van der Waals surface area contributed by atoms with Gasteiger partial charge in [-0.2, -0.15) is 8.78 Å². The SMILES string of the molecule is CN1C(=O)N(CCN2CCN(c3ccc(OC(F)F)cc3)CC2)C2N=C3C(=C(c4ccco4)N=CN3N)N21. The number of hydrazine groups is 2. The molecule has 5 heterocycles. The summed E-state index contributed by atoms with van der Waals surface area (Å²) in [5, 5.41) is 4.68. The summed E-state index contributed by atoms with van der Waals surface area (Å²) >= 11 is 0. The molecule has 14 heteroatoms. The van der Waals surface area contributed by atoms with Crippen LogP contribution in [0.2, 0.25) is 0 Å². The number of hydrogen-bond donors (Lipinski definition) is 1. The maximum Gasteiger partial charge on any atom is 0.387 e. The third-order valence-electron chi connectivity index (χ3n) is 7.01. The Kier molecular flexibility index (Phi) is 6.12. The second kappa shape index (κ2) is 9.61. The Morgan fingerprint density at radius 3 is 2.58 bits per heavy atom. The molecule has 2 fully saturated rings. The van der Waals surface area contributed by atoms with Crippen LogP contribution in [0, 0.1) is 0 Å². The number of rotatable bonds is 7. The Hall–Kier alpha value is -4.17. The fourth-order valence-corrected chi connectivity index (χ4v) is 5.09. The molecule has 4 aliphatic heterocycles. The number of amidine groups is 1. The number of piperazine rings is 1. The first-order valence-electron chi connectivity index (χ1n) is 12.2. The van der Waals surface area contributed by atoms with Crippen LogP contribution in [0.4, 0.5) is 19.3 Å². The third kappa shape index (κ3) is 4.20. The number of urea groups is 1. The highest BCUT2D eigenvalue weighted by molar-refractivity contribution is 6.12. The van der Waals surface area contributed by atoms with Gasteiger partial charge in [0.05, 0.1) is 6.26 Å². The number of ether oxygens (including phenoxy) is 1. The number of nitrogens with zero attached hydrogens (tertiary/aromatic N) is 8. The summed E-state index contributed by atoms with van der Waals surface area (Å²) in [6.07, 6.45) is 2.48. The van der Waals surface area contributed by atoms with Crippen LogP contribution in [0.3, 0.4) is 0 Å². The van der Waals surface area contributed by atoms with E-state index in [1.54, 1.807) is 59.6 Å². The number of nitrogens with two attached hydrogens (primary N) is 1. The molecular weight excluding hydrogens is 500 g/mol. The van der Waals surface area contributed by atoms with Crippen LogP contribution in [0.25, 0.3) is 5.70 Å². The first-order valence-corrected chi connectivity index (χ1v) is 12.2. The van der Waals surface area contributed by atoms with Gasteiger partial charge in [-0.25, -0.2) is 35.6 Å². The molecule has 1 aromatic heterocycles. The summed E-state index contributed by atoms with van der Waals surface area (Å²) in [4.78, 5) is 28.6. The molecular formula is C24H27F2N9O3. The minimum absolute atomic E-state index is 0.142. The molecule has 1 aromatic carbocycles. The van der Waals surface area contributed by atoms with Crippen molar-refractivity contribution in [1.82, 2.24) is 24.8 Å². The topological polar surface area (TPSA) is 110 Å². The highest BCUT2D eigenvalue weighted by Gasteiger charge is 2.51. The molecule has 1 unspecified atom stereocenters. The predicted molar refractivity (Wildman–Crippen MR) is 135 cm³/mol. The molecule has 0 spiro atoms. The van der Waals surface area contributed by atoms with Gasteiger partial charge < -0.3 is 14.1 Å². The molecule has 2 amide bonds. The van der Waals surface area contributed by atoms with E-state index in [-0.39, 0.29) is 11.8 Å². The number of alkyl halides is 2. The summed E-state index contributed by atoms with van der Waals surface area (Å²) in [5.74, 6) is 7.35. The first-order chi connectivity index (χ1) is 18.4. The standard InChI is InChI=1S/C24H27F2N9O3/c1-30-24(36)33(23-29-21-20(35(23)30)19(28-15-34(21)27)18-3-2-14-37-18)13-10-31-8-11-32(12-9-31)16-4-6-17(7-5-16)38-22(25)26/h2-7,14-15,22-23H,8-13,27H2,1H3. The zero-order valence-corrected chi connectivity index (χ0v) is 20.7. The maximum atomic E-state index is 13.2. The van der Waals surface area contributed by atoms with Crippen LogP contribution in [-0.4, -0.2) is 102 Å². The second-order valence-electron chi connectivity index (χ2n) is 9.17. The lowest BCUT2D eigenvalue weighted by molar-refractivity contribution is -0.0498. The quantitative estimate of drug-likeness (QED) is 0.544. The maximum absolute atomic E-state index is 13.2. The van der Waals surface area contributed by atoms with E-state index in [2.05, 4.69) is 19.5 Å². The molecule has 4 aliphatic rings. The Balaban J connectivity index is 1.10. The van der Waals surface area contributed by atoms with Crippen LogP contribution in [0.5, 0.6) is 5.75 Å². The van der Waals surface area contributed by atoms with Crippen LogP contribution in [0.1, 0.15) is 5.76 Å². The summed E-state index contributed by atoms with van der Waals surface area (Å²) in [6.45, 7) is 1.48. The number of carbonyl (C=O) groups excluding carboxylic acids is 1. The largest absolute Gasteiger partial charge is 0.463 e. The number of anilines is 1. The highest BCUT2D eigenvalue weighted by Crippen LogP contribution is 2.38. The fourth-order valence-electron chi connectivity index (χ4n) is 5.09. The number of halogens is 2. The van der Waals surface area contributed by atoms with Gasteiger partial charge in [-0.3, -0.25) is 9.80 Å². The molecule has 0 radical (unpaired) electrons. The van der Waals surface area contributed by atoms with Crippen molar-refractivity contribution < 1.29 is 22.7 Å². The lowest BCUT2D eigenvalue weighted by Gasteiger charge is -2.36. The number of amides is 2. The van der Waals surface area contributed by atoms with Crippen molar-refractivity contribution >= 4 is 29.6 Å².